The fourth-order valence-electron chi connectivity index (χ4n) is 3.75. The largest absolute Gasteiger partial charge is 0.288 e. The third kappa shape index (κ3) is 3.05. The van der Waals surface area contributed by atoms with E-state index >= 15 is 0 Å². The summed E-state index contributed by atoms with van der Waals surface area (Å²) in [6, 6.07) is 9.28. The van der Waals surface area contributed by atoms with Gasteiger partial charge in [0.1, 0.15) is 0 Å². The lowest BCUT2D eigenvalue weighted by Crippen LogP contribution is -2.53. The first-order chi connectivity index (χ1) is 10.2. The molecule has 0 amide bonds. The smallest absolute Gasteiger partial charge is 0.0628 e. The molecule has 114 valence electrons. The zero-order valence-corrected chi connectivity index (χ0v) is 14.0. The molecule has 1 aromatic rings. The van der Waals surface area contributed by atoms with Crippen LogP contribution in [0.3, 0.4) is 0 Å². The van der Waals surface area contributed by atoms with E-state index in [9.17, 15) is 0 Å². The average molecular weight is 302 g/mol. The van der Waals surface area contributed by atoms with Gasteiger partial charge in [0.25, 0.3) is 0 Å². The van der Waals surface area contributed by atoms with Gasteiger partial charge in [0.05, 0.1) is 6.17 Å². The van der Waals surface area contributed by atoms with Crippen molar-refractivity contribution in [3.63, 3.8) is 0 Å². The quantitative estimate of drug-likeness (QED) is 0.778. The van der Waals surface area contributed by atoms with E-state index in [-0.39, 0.29) is 0 Å². The van der Waals surface area contributed by atoms with Crippen LogP contribution in [0.15, 0.2) is 35.7 Å². The van der Waals surface area contributed by atoms with Crippen molar-refractivity contribution in [3.05, 3.63) is 36.4 Å². The first kappa shape index (κ1) is 15.1. The predicted molar refractivity (Wildman–Crippen MR) is 92.6 cm³/mol. The van der Waals surface area contributed by atoms with Gasteiger partial charge in [-0.2, -0.15) is 0 Å². The van der Waals surface area contributed by atoms with Crippen LogP contribution in [0.2, 0.25) is 0 Å². The minimum Gasteiger partial charge on any atom is -0.288 e. The van der Waals surface area contributed by atoms with Crippen LogP contribution in [0.1, 0.15) is 31.7 Å². The van der Waals surface area contributed by atoms with Gasteiger partial charge in [0, 0.05) is 24.0 Å². The third-order valence-electron chi connectivity index (χ3n) is 5.04. The van der Waals surface area contributed by atoms with Crippen molar-refractivity contribution in [1.29, 1.82) is 0 Å². The molecule has 2 nitrogen and oxygen atoms in total. The Morgan fingerprint density at radius 2 is 1.90 bits per heavy atom. The molecular weight excluding hydrogens is 276 g/mol. The molecule has 2 heterocycles. The van der Waals surface area contributed by atoms with Crippen LogP contribution < -0.4 is 0 Å². The lowest BCUT2D eigenvalue weighted by Gasteiger charge is -2.44. The molecule has 3 heteroatoms. The Morgan fingerprint density at radius 3 is 2.62 bits per heavy atom. The van der Waals surface area contributed by atoms with E-state index < -0.39 is 0 Å². The zero-order chi connectivity index (χ0) is 14.8. The number of nitrogens with zero attached hydrogens (tertiary/aromatic N) is 2. The van der Waals surface area contributed by atoms with Crippen LogP contribution in [0, 0.1) is 0 Å². The summed E-state index contributed by atoms with van der Waals surface area (Å²) in [5.74, 6) is 0. The van der Waals surface area contributed by atoms with Gasteiger partial charge in [-0.05, 0) is 62.3 Å². The van der Waals surface area contributed by atoms with Gasteiger partial charge in [-0.15, -0.1) is 11.8 Å². The Kier molecular flexibility index (Phi) is 4.72. The van der Waals surface area contributed by atoms with Gasteiger partial charge in [-0.3, -0.25) is 9.80 Å². The number of thioether (sulfide) groups is 1. The maximum atomic E-state index is 4.40. The molecule has 3 rings (SSSR count). The van der Waals surface area contributed by atoms with Gasteiger partial charge in [0.2, 0.25) is 0 Å². The molecule has 2 atom stereocenters. The van der Waals surface area contributed by atoms with Crippen LogP contribution in [0.25, 0.3) is 5.57 Å². The van der Waals surface area contributed by atoms with E-state index in [1.54, 1.807) is 11.8 Å². The number of hydrogen-bond acceptors (Lipinski definition) is 3. The highest BCUT2D eigenvalue weighted by Gasteiger charge is 2.35. The second-order valence-corrected chi connectivity index (χ2v) is 7.06. The molecule has 0 saturated carbocycles. The van der Waals surface area contributed by atoms with Crippen molar-refractivity contribution >= 4 is 17.3 Å². The topological polar surface area (TPSA) is 6.48 Å². The standard InChI is InChI=1S/C18H26N2S/c1-14(16-7-9-17(21-3)10-8-16)15(2)20-13-5-12-19-11-4-6-18(19)20/h7-10,15,18H,1,4-6,11-13H2,2-3H3. The van der Waals surface area contributed by atoms with Gasteiger partial charge >= 0.3 is 0 Å². The van der Waals surface area contributed by atoms with Gasteiger partial charge in [-0.25, -0.2) is 0 Å². The second-order valence-electron chi connectivity index (χ2n) is 6.18. The van der Waals surface area contributed by atoms with Crippen LogP contribution in [0.4, 0.5) is 0 Å². The monoisotopic (exact) mass is 302 g/mol. The van der Waals surface area contributed by atoms with E-state index in [2.05, 4.69) is 53.8 Å². The highest BCUT2D eigenvalue weighted by atomic mass is 32.2. The van der Waals surface area contributed by atoms with Gasteiger partial charge in [0.15, 0.2) is 0 Å². The number of hydrogen-bond donors (Lipinski definition) is 0. The van der Waals surface area contributed by atoms with Crippen molar-refractivity contribution in [3.8, 4) is 0 Å². The van der Waals surface area contributed by atoms with Crippen molar-refractivity contribution in [2.24, 2.45) is 0 Å². The second kappa shape index (κ2) is 6.55. The summed E-state index contributed by atoms with van der Waals surface area (Å²) >= 11 is 1.79. The Balaban J connectivity index is 1.73. The molecule has 1 aromatic carbocycles. The molecule has 0 bridgehead atoms. The van der Waals surface area contributed by atoms with Crippen molar-refractivity contribution in [2.45, 2.75) is 43.3 Å². The SMILES string of the molecule is C=C(c1ccc(SC)cc1)C(C)N1CCCN2CCCC21. The molecule has 2 aliphatic heterocycles. The normalized spacial score (nSPS) is 24.8. The average Bonchev–Trinajstić information content (AvgIpc) is 3.02. The summed E-state index contributed by atoms with van der Waals surface area (Å²) in [6.07, 6.45) is 6.73. The first-order valence-corrected chi connectivity index (χ1v) is 9.26. The zero-order valence-electron chi connectivity index (χ0n) is 13.2. The van der Waals surface area contributed by atoms with E-state index in [4.69, 9.17) is 0 Å². The van der Waals surface area contributed by atoms with Crippen LogP contribution >= 0.6 is 11.8 Å². The molecule has 2 saturated heterocycles. The van der Waals surface area contributed by atoms with Crippen LogP contribution in [-0.4, -0.2) is 47.9 Å². The summed E-state index contributed by atoms with van der Waals surface area (Å²) < 4.78 is 0. The molecule has 0 aromatic heterocycles. The summed E-state index contributed by atoms with van der Waals surface area (Å²) in [5, 5.41) is 0. The van der Waals surface area contributed by atoms with Crippen molar-refractivity contribution in [1.82, 2.24) is 9.80 Å². The maximum absolute atomic E-state index is 4.40. The predicted octanol–water partition coefficient (Wildman–Crippen LogP) is 3.94. The molecular formula is C18H26N2S. The third-order valence-corrected chi connectivity index (χ3v) is 5.78. The minimum atomic E-state index is 0.427. The lowest BCUT2D eigenvalue weighted by molar-refractivity contribution is 0.0226. The van der Waals surface area contributed by atoms with Crippen LogP contribution in [-0.2, 0) is 0 Å². The minimum absolute atomic E-state index is 0.427. The van der Waals surface area contributed by atoms with E-state index in [1.165, 1.54) is 54.9 Å². The number of benzene rings is 1. The van der Waals surface area contributed by atoms with E-state index in [0.717, 1.165) is 0 Å². The molecule has 0 N–H and O–H groups in total. The molecule has 0 aliphatic carbocycles. The maximum Gasteiger partial charge on any atom is 0.0628 e. The Morgan fingerprint density at radius 1 is 1.19 bits per heavy atom. The molecule has 0 radical (unpaired) electrons. The Labute approximate surface area is 133 Å². The number of fused-ring (bicyclic) bond motifs is 1. The Hall–Kier alpha value is -0.770. The molecule has 21 heavy (non-hydrogen) atoms. The van der Waals surface area contributed by atoms with Crippen molar-refractivity contribution in [2.75, 3.05) is 25.9 Å². The molecule has 2 fully saturated rings. The fourth-order valence-corrected chi connectivity index (χ4v) is 4.16. The highest BCUT2D eigenvalue weighted by molar-refractivity contribution is 7.98. The van der Waals surface area contributed by atoms with Crippen LogP contribution in [0.5, 0.6) is 0 Å². The van der Waals surface area contributed by atoms with Gasteiger partial charge in [-0.1, -0.05) is 18.7 Å². The summed E-state index contributed by atoms with van der Waals surface area (Å²) in [4.78, 5) is 6.64. The molecule has 2 unspecified atom stereocenters. The van der Waals surface area contributed by atoms with Gasteiger partial charge < -0.3 is 0 Å². The molecule has 0 spiro atoms. The van der Waals surface area contributed by atoms with Crippen molar-refractivity contribution < 1.29 is 0 Å². The summed E-state index contributed by atoms with van der Waals surface area (Å²) in [6.45, 7) is 10.5. The lowest BCUT2D eigenvalue weighted by atomic mass is 9.98. The Bertz CT molecular complexity index is 496. The van der Waals surface area contributed by atoms with E-state index in [0.29, 0.717) is 12.2 Å². The first-order valence-electron chi connectivity index (χ1n) is 8.03. The fraction of sp³-hybridized carbons (Fsp3) is 0.556. The number of rotatable bonds is 4. The molecule has 2 aliphatic rings. The van der Waals surface area contributed by atoms with E-state index in [1.807, 2.05) is 0 Å². The highest BCUT2D eigenvalue weighted by Crippen LogP contribution is 2.31. The summed E-state index contributed by atoms with van der Waals surface area (Å²) in [7, 11) is 0. The summed E-state index contributed by atoms with van der Waals surface area (Å²) in [5.41, 5.74) is 2.55.